The first-order chi connectivity index (χ1) is 8.88. The Kier molecular flexibility index (Phi) is 4.94. The highest BCUT2D eigenvalue weighted by Crippen LogP contribution is 2.31. The smallest absolute Gasteiger partial charge is 0.387 e. The van der Waals surface area contributed by atoms with E-state index in [1.54, 1.807) is 0 Å². The van der Waals surface area contributed by atoms with Gasteiger partial charge >= 0.3 is 12.6 Å². The Balaban J connectivity index is 3.37. The van der Waals surface area contributed by atoms with E-state index in [1.807, 2.05) is 0 Å². The summed E-state index contributed by atoms with van der Waals surface area (Å²) in [6, 6.07) is 3.65. The zero-order chi connectivity index (χ0) is 14.6. The van der Waals surface area contributed by atoms with Crippen molar-refractivity contribution in [3.63, 3.8) is 0 Å². The Morgan fingerprint density at radius 3 is 2.47 bits per heavy atom. The standard InChI is InChI=1S/C12H12F2O5/c1-2-8(15)6-4-3-5-7(9(16)11(17)18)10(6)19-12(13)14/h3-5,9,12,16H,2H2,1H3,(H,17,18). The summed E-state index contributed by atoms with van der Waals surface area (Å²) in [6.07, 6.45) is -2.01. The molecule has 0 heterocycles. The minimum absolute atomic E-state index is 0.0339. The number of ketones is 1. The monoisotopic (exact) mass is 274 g/mol. The number of carbonyl (C=O) groups excluding carboxylic acids is 1. The van der Waals surface area contributed by atoms with Crippen LogP contribution in [0, 0.1) is 0 Å². The number of carbonyl (C=O) groups is 2. The first-order valence-corrected chi connectivity index (χ1v) is 5.40. The van der Waals surface area contributed by atoms with E-state index in [1.165, 1.54) is 19.1 Å². The van der Waals surface area contributed by atoms with Crippen molar-refractivity contribution < 1.29 is 33.3 Å². The summed E-state index contributed by atoms with van der Waals surface area (Å²) in [6.45, 7) is -1.71. The SMILES string of the molecule is CCC(=O)c1cccc(C(O)C(=O)O)c1OC(F)F. The Morgan fingerprint density at radius 2 is 2.00 bits per heavy atom. The number of para-hydroxylation sites is 1. The van der Waals surface area contributed by atoms with Crippen LogP contribution in [0.4, 0.5) is 8.78 Å². The van der Waals surface area contributed by atoms with Gasteiger partial charge in [-0.2, -0.15) is 8.78 Å². The number of hydrogen-bond donors (Lipinski definition) is 2. The zero-order valence-electron chi connectivity index (χ0n) is 9.97. The van der Waals surface area contributed by atoms with Crippen LogP contribution in [0.15, 0.2) is 18.2 Å². The van der Waals surface area contributed by atoms with E-state index in [0.29, 0.717) is 0 Å². The molecule has 0 aromatic heterocycles. The lowest BCUT2D eigenvalue weighted by Crippen LogP contribution is -2.16. The molecule has 1 rings (SSSR count). The Bertz CT molecular complexity index is 487. The number of rotatable bonds is 6. The average molecular weight is 274 g/mol. The fourth-order valence-corrected chi connectivity index (χ4v) is 1.53. The van der Waals surface area contributed by atoms with E-state index in [4.69, 9.17) is 5.11 Å². The lowest BCUT2D eigenvalue weighted by atomic mass is 10.0. The normalized spacial score (nSPS) is 12.3. The number of alkyl halides is 2. The molecule has 0 radical (unpaired) electrons. The van der Waals surface area contributed by atoms with E-state index in [9.17, 15) is 23.5 Å². The maximum absolute atomic E-state index is 12.3. The van der Waals surface area contributed by atoms with Crippen molar-refractivity contribution in [1.29, 1.82) is 0 Å². The van der Waals surface area contributed by atoms with Gasteiger partial charge in [-0.3, -0.25) is 4.79 Å². The molecule has 0 aliphatic carbocycles. The molecule has 1 unspecified atom stereocenters. The largest absolute Gasteiger partial charge is 0.479 e. The molecule has 0 aliphatic heterocycles. The number of carboxylic acids is 1. The molecule has 7 heteroatoms. The first kappa shape index (κ1) is 15.0. The molecular weight excluding hydrogens is 262 g/mol. The second-order valence-corrected chi connectivity index (χ2v) is 3.62. The Labute approximate surface area is 107 Å². The first-order valence-electron chi connectivity index (χ1n) is 5.40. The third-order valence-electron chi connectivity index (χ3n) is 2.40. The van der Waals surface area contributed by atoms with Gasteiger partial charge in [0.15, 0.2) is 11.9 Å². The van der Waals surface area contributed by atoms with E-state index in [2.05, 4.69) is 4.74 Å². The van der Waals surface area contributed by atoms with Gasteiger partial charge in [0.25, 0.3) is 0 Å². The predicted molar refractivity (Wildman–Crippen MR) is 60.3 cm³/mol. The van der Waals surface area contributed by atoms with Crippen molar-refractivity contribution in [2.24, 2.45) is 0 Å². The van der Waals surface area contributed by atoms with Crippen LogP contribution in [0.1, 0.15) is 35.4 Å². The molecule has 5 nitrogen and oxygen atoms in total. The van der Waals surface area contributed by atoms with Crippen LogP contribution < -0.4 is 4.74 Å². The van der Waals surface area contributed by atoms with Crippen LogP contribution in [0.2, 0.25) is 0 Å². The minimum Gasteiger partial charge on any atom is -0.479 e. The number of carboxylic acid groups (broad SMARTS) is 1. The zero-order valence-corrected chi connectivity index (χ0v) is 9.97. The topological polar surface area (TPSA) is 83.8 Å². The van der Waals surface area contributed by atoms with Gasteiger partial charge in [-0.15, -0.1) is 0 Å². The van der Waals surface area contributed by atoms with Crippen LogP contribution in [0.3, 0.4) is 0 Å². The molecule has 1 aromatic rings. The fraction of sp³-hybridized carbons (Fsp3) is 0.333. The molecule has 0 saturated carbocycles. The molecule has 104 valence electrons. The van der Waals surface area contributed by atoms with E-state index in [0.717, 1.165) is 6.07 Å². The van der Waals surface area contributed by atoms with Gasteiger partial charge < -0.3 is 14.9 Å². The van der Waals surface area contributed by atoms with Crippen molar-refractivity contribution in [3.05, 3.63) is 29.3 Å². The summed E-state index contributed by atoms with van der Waals surface area (Å²) in [5.74, 6) is -2.71. The second-order valence-electron chi connectivity index (χ2n) is 3.62. The average Bonchev–Trinajstić information content (AvgIpc) is 2.36. The van der Waals surface area contributed by atoms with Gasteiger partial charge in [-0.1, -0.05) is 19.1 Å². The molecule has 0 spiro atoms. The third kappa shape index (κ3) is 3.47. The number of hydrogen-bond acceptors (Lipinski definition) is 4. The van der Waals surface area contributed by atoms with Crippen molar-refractivity contribution in [1.82, 2.24) is 0 Å². The molecule has 0 amide bonds. The number of aliphatic hydroxyl groups excluding tert-OH is 1. The van der Waals surface area contributed by atoms with Crippen molar-refractivity contribution in [2.45, 2.75) is 26.1 Å². The van der Waals surface area contributed by atoms with Gasteiger partial charge in [-0.05, 0) is 6.07 Å². The van der Waals surface area contributed by atoms with E-state index >= 15 is 0 Å². The predicted octanol–water partition coefficient (Wildman–Crippen LogP) is 2.00. The van der Waals surface area contributed by atoms with Crippen molar-refractivity contribution in [3.8, 4) is 5.75 Å². The van der Waals surface area contributed by atoms with Crippen LogP contribution in [0.5, 0.6) is 5.75 Å². The lowest BCUT2D eigenvalue weighted by Gasteiger charge is -2.16. The lowest BCUT2D eigenvalue weighted by molar-refractivity contribution is -0.147. The summed E-state index contributed by atoms with van der Waals surface area (Å²) in [5.41, 5.74) is -0.562. The summed E-state index contributed by atoms with van der Waals surface area (Å²) in [7, 11) is 0. The molecule has 19 heavy (non-hydrogen) atoms. The van der Waals surface area contributed by atoms with Gasteiger partial charge in [0.2, 0.25) is 0 Å². The minimum atomic E-state index is -3.23. The molecular formula is C12H12F2O5. The summed E-state index contributed by atoms with van der Waals surface area (Å²) in [4.78, 5) is 22.3. The van der Waals surface area contributed by atoms with Gasteiger partial charge in [0.05, 0.1) is 5.56 Å². The Hall–Kier alpha value is -2.02. The van der Waals surface area contributed by atoms with Crippen LogP contribution >= 0.6 is 0 Å². The third-order valence-corrected chi connectivity index (χ3v) is 2.40. The summed E-state index contributed by atoms with van der Waals surface area (Å²) < 4.78 is 28.9. The molecule has 2 N–H and O–H groups in total. The fourth-order valence-electron chi connectivity index (χ4n) is 1.53. The van der Waals surface area contributed by atoms with Crippen LogP contribution in [-0.4, -0.2) is 28.6 Å². The number of aliphatic carboxylic acids is 1. The quantitative estimate of drug-likeness (QED) is 0.775. The van der Waals surface area contributed by atoms with Crippen molar-refractivity contribution >= 4 is 11.8 Å². The van der Waals surface area contributed by atoms with Gasteiger partial charge in [0.1, 0.15) is 5.75 Å². The number of halogens is 2. The van der Waals surface area contributed by atoms with E-state index in [-0.39, 0.29) is 17.5 Å². The maximum atomic E-state index is 12.3. The van der Waals surface area contributed by atoms with Crippen LogP contribution in [-0.2, 0) is 4.79 Å². The summed E-state index contributed by atoms with van der Waals surface area (Å²) in [5, 5.41) is 18.1. The molecule has 0 aliphatic rings. The molecule has 1 aromatic carbocycles. The van der Waals surface area contributed by atoms with E-state index < -0.39 is 30.2 Å². The number of Topliss-reactive ketones (excluding diaryl/α,β-unsaturated/α-hetero) is 1. The molecule has 0 fully saturated rings. The summed E-state index contributed by atoms with van der Waals surface area (Å²) >= 11 is 0. The van der Waals surface area contributed by atoms with Gasteiger partial charge in [0, 0.05) is 12.0 Å². The number of ether oxygens (including phenoxy) is 1. The van der Waals surface area contributed by atoms with Crippen molar-refractivity contribution in [2.75, 3.05) is 0 Å². The number of benzene rings is 1. The highest BCUT2D eigenvalue weighted by molar-refractivity contribution is 5.99. The van der Waals surface area contributed by atoms with Crippen LogP contribution in [0.25, 0.3) is 0 Å². The Morgan fingerprint density at radius 1 is 1.37 bits per heavy atom. The highest BCUT2D eigenvalue weighted by Gasteiger charge is 2.26. The molecule has 0 bridgehead atoms. The molecule has 1 atom stereocenters. The van der Waals surface area contributed by atoms with Gasteiger partial charge in [-0.25, -0.2) is 4.79 Å². The second kappa shape index (κ2) is 6.24. The maximum Gasteiger partial charge on any atom is 0.387 e. The molecule has 0 saturated heterocycles. The highest BCUT2D eigenvalue weighted by atomic mass is 19.3. The number of aliphatic hydroxyl groups is 1.